The van der Waals surface area contributed by atoms with E-state index >= 15 is 0 Å². The van der Waals surface area contributed by atoms with Gasteiger partial charge in [0.2, 0.25) is 5.91 Å². The summed E-state index contributed by atoms with van der Waals surface area (Å²) in [5.74, 6) is 3.65. The molecule has 0 unspecified atom stereocenters. The van der Waals surface area contributed by atoms with Gasteiger partial charge in [-0.3, -0.25) is 4.79 Å². The fourth-order valence-electron chi connectivity index (χ4n) is 1.80. The molecular formula is C18H23NOS. The Balaban J connectivity index is 2.66. The second kappa shape index (κ2) is 10.1. The minimum atomic E-state index is 0.00297. The van der Waals surface area contributed by atoms with Gasteiger partial charge < -0.3 is 4.90 Å². The summed E-state index contributed by atoms with van der Waals surface area (Å²) in [6.07, 6.45) is 11.8. The molecule has 1 amide bonds. The minimum absolute atomic E-state index is 0.00297. The van der Waals surface area contributed by atoms with Crippen molar-refractivity contribution in [2.75, 3.05) is 18.8 Å². The van der Waals surface area contributed by atoms with Crippen LogP contribution in [0.3, 0.4) is 0 Å². The number of thioether (sulfide) groups is 1. The van der Waals surface area contributed by atoms with E-state index in [1.54, 1.807) is 11.8 Å². The van der Waals surface area contributed by atoms with Crippen LogP contribution in [0.1, 0.15) is 32.3 Å². The molecule has 21 heavy (non-hydrogen) atoms. The number of carbonyl (C=O) groups is 1. The highest BCUT2D eigenvalue weighted by atomic mass is 32.2. The maximum Gasteiger partial charge on any atom is 0.220 e. The maximum atomic E-state index is 11.4. The van der Waals surface area contributed by atoms with Crippen LogP contribution in [-0.2, 0) is 4.79 Å². The molecule has 0 aliphatic heterocycles. The lowest BCUT2D eigenvalue weighted by Crippen LogP contribution is -2.29. The van der Waals surface area contributed by atoms with Crippen LogP contribution in [0.25, 0.3) is 6.08 Å². The van der Waals surface area contributed by atoms with Crippen LogP contribution in [0, 0.1) is 12.3 Å². The van der Waals surface area contributed by atoms with Crippen molar-refractivity contribution in [1.29, 1.82) is 0 Å². The van der Waals surface area contributed by atoms with Crippen LogP contribution in [0.4, 0.5) is 0 Å². The Morgan fingerprint density at radius 3 is 2.86 bits per heavy atom. The number of hydrogen-bond acceptors (Lipinski definition) is 2. The Labute approximate surface area is 132 Å². The summed E-state index contributed by atoms with van der Waals surface area (Å²) in [7, 11) is 0. The first-order chi connectivity index (χ1) is 10.2. The summed E-state index contributed by atoms with van der Waals surface area (Å²) in [6.45, 7) is 4.65. The second-order valence-electron chi connectivity index (χ2n) is 4.75. The van der Waals surface area contributed by atoms with Gasteiger partial charge >= 0.3 is 0 Å². The van der Waals surface area contributed by atoms with E-state index < -0.39 is 0 Å². The second-order valence-corrected chi connectivity index (χ2v) is 5.88. The number of nitrogens with zero attached hydrogens (tertiary/aromatic N) is 1. The Bertz CT molecular complexity index is 516. The van der Waals surface area contributed by atoms with E-state index in [1.165, 1.54) is 23.3 Å². The zero-order valence-corrected chi connectivity index (χ0v) is 13.7. The van der Waals surface area contributed by atoms with Crippen molar-refractivity contribution in [3.8, 4) is 12.3 Å². The molecule has 0 radical (unpaired) electrons. The maximum absolute atomic E-state index is 11.4. The summed E-state index contributed by atoms with van der Waals surface area (Å²) in [5, 5.41) is 0. The highest BCUT2D eigenvalue weighted by Crippen LogP contribution is 2.24. The van der Waals surface area contributed by atoms with Gasteiger partial charge in [0.1, 0.15) is 0 Å². The molecule has 3 heteroatoms. The van der Waals surface area contributed by atoms with Gasteiger partial charge in [-0.05, 0) is 23.8 Å². The largest absolute Gasteiger partial charge is 0.328 e. The minimum Gasteiger partial charge on any atom is -0.328 e. The molecule has 0 fully saturated rings. The van der Waals surface area contributed by atoms with Crippen molar-refractivity contribution >= 4 is 23.7 Å². The van der Waals surface area contributed by atoms with Crippen LogP contribution in [0.5, 0.6) is 0 Å². The zero-order chi connectivity index (χ0) is 15.5. The number of unbranched alkanes of at least 4 members (excludes halogenated alkanes) is 1. The summed E-state index contributed by atoms with van der Waals surface area (Å²) in [4.78, 5) is 14.3. The molecule has 1 rings (SSSR count). The zero-order valence-electron chi connectivity index (χ0n) is 12.8. The molecule has 0 heterocycles. The van der Waals surface area contributed by atoms with E-state index in [0.717, 1.165) is 5.75 Å². The van der Waals surface area contributed by atoms with Crippen molar-refractivity contribution in [3.05, 3.63) is 35.9 Å². The van der Waals surface area contributed by atoms with Gasteiger partial charge in [-0.1, -0.05) is 49.6 Å². The van der Waals surface area contributed by atoms with Crippen molar-refractivity contribution in [2.24, 2.45) is 0 Å². The average Bonchev–Trinajstić information content (AvgIpc) is 2.48. The Hall–Kier alpha value is -1.66. The molecule has 0 bridgehead atoms. The molecule has 0 aromatic heterocycles. The van der Waals surface area contributed by atoms with Crippen LogP contribution in [0.2, 0.25) is 0 Å². The molecule has 0 saturated heterocycles. The molecule has 0 spiro atoms. The standard InChI is InChI=1S/C18H23NOS/c1-4-6-15-21-18-12-8-7-10-17(18)11-9-14-19(13-5-2)16(3)20/h2,7-12H,4,6,13-15H2,1,3H3/b11-9+. The normalized spacial score (nSPS) is 10.5. The number of amides is 1. The van der Waals surface area contributed by atoms with E-state index in [4.69, 9.17) is 6.42 Å². The van der Waals surface area contributed by atoms with E-state index in [9.17, 15) is 4.79 Å². The number of hydrogen-bond donors (Lipinski definition) is 0. The third kappa shape index (κ3) is 6.55. The van der Waals surface area contributed by atoms with Crippen molar-refractivity contribution in [3.63, 3.8) is 0 Å². The van der Waals surface area contributed by atoms with Crippen molar-refractivity contribution < 1.29 is 4.79 Å². The van der Waals surface area contributed by atoms with Crippen molar-refractivity contribution in [2.45, 2.75) is 31.6 Å². The Kier molecular flexibility index (Phi) is 8.38. The molecule has 112 valence electrons. The van der Waals surface area contributed by atoms with Crippen LogP contribution in [0.15, 0.2) is 35.2 Å². The molecule has 1 aromatic carbocycles. The average molecular weight is 301 g/mol. The van der Waals surface area contributed by atoms with E-state index in [2.05, 4.69) is 37.1 Å². The first-order valence-electron chi connectivity index (χ1n) is 7.26. The number of carbonyl (C=O) groups excluding carboxylic acids is 1. The number of terminal acetylenes is 1. The lowest BCUT2D eigenvalue weighted by atomic mass is 10.2. The fourth-order valence-corrected chi connectivity index (χ4v) is 2.93. The van der Waals surface area contributed by atoms with Gasteiger partial charge in [-0.15, -0.1) is 18.2 Å². The Morgan fingerprint density at radius 2 is 2.19 bits per heavy atom. The molecular weight excluding hydrogens is 278 g/mol. The third-order valence-electron chi connectivity index (χ3n) is 3.03. The monoisotopic (exact) mass is 301 g/mol. The number of rotatable bonds is 8. The third-order valence-corrected chi connectivity index (χ3v) is 4.20. The molecule has 0 atom stereocenters. The first kappa shape index (κ1) is 17.4. The Morgan fingerprint density at radius 1 is 1.43 bits per heavy atom. The van der Waals surface area contributed by atoms with Gasteiger partial charge in [0, 0.05) is 18.4 Å². The fraction of sp³-hybridized carbons (Fsp3) is 0.389. The molecule has 1 aromatic rings. The van der Waals surface area contributed by atoms with Crippen LogP contribution in [-0.4, -0.2) is 29.6 Å². The lowest BCUT2D eigenvalue weighted by molar-refractivity contribution is -0.127. The lowest BCUT2D eigenvalue weighted by Gasteiger charge is -2.15. The van der Waals surface area contributed by atoms with E-state index in [1.807, 2.05) is 23.9 Å². The van der Waals surface area contributed by atoms with E-state index in [-0.39, 0.29) is 5.91 Å². The van der Waals surface area contributed by atoms with Gasteiger partial charge in [0.05, 0.1) is 6.54 Å². The van der Waals surface area contributed by atoms with Crippen LogP contribution >= 0.6 is 11.8 Å². The molecule has 0 aliphatic rings. The quantitative estimate of drug-likeness (QED) is 0.410. The molecule has 0 N–H and O–H groups in total. The first-order valence-corrected chi connectivity index (χ1v) is 8.25. The molecule has 2 nitrogen and oxygen atoms in total. The van der Waals surface area contributed by atoms with Crippen LogP contribution < -0.4 is 0 Å². The van der Waals surface area contributed by atoms with Gasteiger partial charge in [-0.25, -0.2) is 0 Å². The van der Waals surface area contributed by atoms with E-state index in [0.29, 0.717) is 13.1 Å². The van der Waals surface area contributed by atoms with Crippen molar-refractivity contribution in [1.82, 2.24) is 4.90 Å². The predicted molar refractivity (Wildman–Crippen MR) is 92.2 cm³/mol. The highest BCUT2D eigenvalue weighted by Gasteiger charge is 2.04. The molecule has 0 saturated carbocycles. The van der Waals surface area contributed by atoms with Gasteiger partial charge in [0.15, 0.2) is 0 Å². The summed E-state index contributed by atoms with van der Waals surface area (Å²) < 4.78 is 0. The topological polar surface area (TPSA) is 20.3 Å². The summed E-state index contributed by atoms with van der Waals surface area (Å²) >= 11 is 1.88. The summed E-state index contributed by atoms with van der Waals surface area (Å²) in [5.41, 5.74) is 1.20. The van der Waals surface area contributed by atoms with Gasteiger partial charge in [0.25, 0.3) is 0 Å². The van der Waals surface area contributed by atoms with Gasteiger partial charge in [-0.2, -0.15) is 0 Å². The highest BCUT2D eigenvalue weighted by molar-refractivity contribution is 7.99. The molecule has 0 aliphatic carbocycles. The SMILES string of the molecule is C#CCN(C/C=C/c1ccccc1SCCCC)C(C)=O. The summed E-state index contributed by atoms with van der Waals surface area (Å²) in [6, 6.07) is 8.34. The smallest absolute Gasteiger partial charge is 0.220 e. The predicted octanol–water partition coefficient (Wildman–Crippen LogP) is 4.07. The number of benzene rings is 1.